The first-order chi connectivity index (χ1) is 10.2. The molecule has 0 bridgehead atoms. The average Bonchev–Trinajstić information content (AvgIpc) is 3.17. The van der Waals surface area contributed by atoms with Gasteiger partial charge in [0.15, 0.2) is 0 Å². The lowest BCUT2D eigenvalue weighted by Gasteiger charge is -2.19. The monoisotopic (exact) mass is 294 g/mol. The van der Waals surface area contributed by atoms with Crippen molar-refractivity contribution in [2.75, 3.05) is 0 Å². The Morgan fingerprint density at radius 1 is 1.00 bits per heavy atom. The first-order valence-corrected chi connectivity index (χ1v) is 8.37. The second-order valence-electron chi connectivity index (χ2n) is 5.96. The SMILES string of the molecule is NC1(c2nc(-c3ccc4ccccc4c3)cs2)CCCC1. The van der Waals surface area contributed by atoms with Crippen LogP contribution in [0.4, 0.5) is 0 Å². The van der Waals surface area contributed by atoms with E-state index < -0.39 is 0 Å². The normalized spacial score (nSPS) is 17.4. The number of nitrogens with zero attached hydrogens (tertiary/aromatic N) is 1. The van der Waals surface area contributed by atoms with Crippen LogP contribution in [0.5, 0.6) is 0 Å². The second kappa shape index (κ2) is 4.93. The van der Waals surface area contributed by atoms with Gasteiger partial charge in [-0.05, 0) is 29.7 Å². The fourth-order valence-electron chi connectivity index (χ4n) is 3.20. The molecule has 0 amide bonds. The van der Waals surface area contributed by atoms with E-state index in [0.29, 0.717) is 0 Å². The quantitative estimate of drug-likeness (QED) is 0.744. The molecule has 1 saturated carbocycles. The highest BCUT2D eigenvalue weighted by atomic mass is 32.1. The summed E-state index contributed by atoms with van der Waals surface area (Å²) in [6.45, 7) is 0. The molecule has 4 rings (SSSR count). The Morgan fingerprint density at radius 3 is 2.57 bits per heavy atom. The lowest BCUT2D eigenvalue weighted by molar-refractivity contribution is 0.459. The maximum Gasteiger partial charge on any atom is 0.113 e. The number of hydrogen-bond donors (Lipinski definition) is 1. The molecule has 0 saturated heterocycles. The Hall–Kier alpha value is -1.71. The molecule has 3 aromatic rings. The average molecular weight is 294 g/mol. The number of rotatable bonds is 2. The van der Waals surface area contributed by atoms with Crippen LogP contribution in [0.15, 0.2) is 47.8 Å². The van der Waals surface area contributed by atoms with Crippen LogP contribution in [-0.2, 0) is 5.54 Å². The van der Waals surface area contributed by atoms with E-state index in [0.717, 1.165) is 23.5 Å². The Balaban J connectivity index is 1.73. The largest absolute Gasteiger partial charge is 0.319 e. The number of fused-ring (bicyclic) bond motifs is 1. The van der Waals surface area contributed by atoms with Gasteiger partial charge in [-0.2, -0.15) is 0 Å². The van der Waals surface area contributed by atoms with Gasteiger partial charge in [0.25, 0.3) is 0 Å². The van der Waals surface area contributed by atoms with E-state index in [1.807, 2.05) is 0 Å². The van der Waals surface area contributed by atoms with Crippen molar-refractivity contribution in [2.45, 2.75) is 31.2 Å². The van der Waals surface area contributed by atoms with Crippen molar-refractivity contribution in [1.82, 2.24) is 4.98 Å². The minimum atomic E-state index is -0.181. The van der Waals surface area contributed by atoms with Gasteiger partial charge < -0.3 is 5.73 Å². The Morgan fingerprint density at radius 2 is 1.76 bits per heavy atom. The molecule has 1 fully saturated rings. The molecule has 1 aliphatic rings. The third kappa shape index (κ3) is 2.27. The molecule has 0 radical (unpaired) electrons. The molecule has 0 unspecified atom stereocenters. The number of benzene rings is 2. The van der Waals surface area contributed by atoms with Crippen molar-refractivity contribution < 1.29 is 0 Å². The van der Waals surface area contributed by atoms with Crippen LogP contribution in [0.2, 0.25) is 0 Å². The van der Waals surface area contributed by atoms with E-state index in [4.69, 9.17) is 10.7 Å². The summed E-state index contributed by atoms with van der Waals surface area (Å²) in [7, 11) is 0. The zero-order chi connectivity index (χ0) is 14.3. The second-order valence-corrected chi connectivity index (χ2v) is 6.82. The molecule has 2 aromatic carbocycles. The summed E-state index contributed by atoms with van der Waals surface area (Å²) in [4.78, 5) is 4.83. The van der Waals surface area contributed by atoms with E-state index in [2.05, 4.69) is 47.8 Å². The van der Waals surface area contributed by atoms with Crippen LogP contribution in [0.3, 0.4) is 0 Å². The van der Waals surface area contributed by atoms with Crippen LogP contribution in [-0.4, -0.2) is 4.98 Å². The molecule has 1 aromatic heterocycles. The zero-order valence-electron chi connectivity index (χ0n) is 11.9. The van der Waals surface area contributed by atoms with Gasteiger partial charge >= 0.3 is 0 Å². The minimum absolute atomic E-state index is 0.181. The molecule has 0 atom stereocenters. The molecule has 1 aliphatic carbocycles. The summed E-state index contributed by atoms with van der Waals surface area (Å²) in [6, 6.07) is 15.0. The predicted octanol–water partition coefficient (Wildman–Crippen LogP) is 4.69. The Bertz CT molecular complexity index is 785. The molecular weight excluding hydrogens is 276 g/mol. The third-order valence-corrected chi connectivity index (χ3v) is 5.53. The molecule has 0 spiro atoms. The topological polar surface area (TPSA) is 38.9 Å². The first-order valence-electron chi connectivity index (χ1n) is 7.49. The van der Waals surface area contributed by atoms with Crippen LogP contribution < -0.4 is 5.73 Å². The number of hydrogen-bond acceptors (Lipinski definition) is 3. The fraction of sp³-hybridized carbons (Fsp3) is 0.278. The van der Waals surface area contributed by atoms with E-state index in [9.17, 15) is 0 Å². The lowest BCUT2D eigenvalue weighted by Crippen LogP contribution is -2.32. The Labute approximate surface area is 128 Å². The molecule has 106 valence electrons. The van der Waals surface area contributed by atoms with Crippen molar-refractivity contribution in [3.8, 4) is 11.3 Å². The van der Waals surface area contributed by atoms with Gasteiger partial charge in [0.1, 0.15) is 5.01 Å². The first kappa shape index (κ1) is 13.0. The van der Waals surface area contributed by atoms with E-state index >= 15 is 0 Å². The summed E-state index contributed by atoms with van der Waals surface area (Å²) < 4.78 is 0. The van der Waals surface area contributed by atoms with Crippen molar-refractivity contribution in [3.05, 3.63) is 52.9 Å². The maximum atomic E-state index is 6.51. The van der Waals surface area contributed by atoms with Gasteiger partial charge in [-0.1, -0.05) is 49.2 Å². The van der Waals surface area contributed by atoms with Crippen LogP contribution >= 0.6 is 11.3 Å². The molecular formula is C18H18N2S. The van der Waals surface area contributed by atoms with Gasteiger partial charge in [-0.3, -0.25) is 0 Å². The molecule has 1 heterocycles. The van der Waals surface area contributed by atoms with Gasteiger partial charge in [0.2, 0.25) is 0 Å². The number of aromatic nitrogens is 1. The number of thiazole rings is 1. The zero-order valence-corrected chi connectivity index (χ0v) is 12.7. The fourth-order valence-corrected chi connectivity index (χ4v) is 4.21. The van der Waals surface area contributed by atoms with E-state index in [-0.39, 0.29) is 5.54 Å². The molecule has 3 heteroatoms. The maximum absolute atomic E-state index is 6.51. The van der Waals surface area contributed by atoms with Crippen molar-refractivity contribution in [3.63, 3.8) is 0 Å². The number of nitrogens with two attached hydrogens (primary N) is 1. The van der Waals surface area contributed by atoms with Crippen LogP contribution in [0, 0.1) is 0 Å². The van der Waals surface area contributed by atoms with Crippen molar-refractivity contribution >= 4 is 22.1 Å². The van der Waals surface area contributed by atoms with Crippen molar-refractivity contribution in [1.29, 1.82) is 0 Å². The summed E-state index contributed by atoms with van der Waals surface area (Å²) in [5, 5.41) is 5.77. The summed E-state index contributed by atoms with van der Waals surface area (Å²) in [5.74, 6) is 0. The lowest BCUT2D eigenvalue weighted by atomic mass is 10.0. The standard InChI is InChI=1S/C18H18N2S/c19-18(9-3-4-10-18)17-20-16(12-21-17)15-8-7-13-5-1-2-6-14(13)11-15/h1-2,5-8,11-12H,3-4,9-10,19H2. The van der Waals surface area contributed by atoms with Gasteiger partial charge in [-0.15, -0.1) is 11.3 Å². The van der Waals surface area contributed by atoms with E-state index in [1.54, 1.807) is 11.3 Å². The predicted molar refractivity (Wildman–Crippen MR) is 89.4 cm³/mol. The van der Waals surface area contributed by atoms with Crippen LogP contribution in [0.1, 0.15) is 30.7 Å². The molecule has 0 aliphatic heterocycles. The highest BCUT2D eigenvalue weighted by Gasteiger charge is 2.34. The Kier molecular flexibility index (Phi) is 3.05. The third-order valence-electron chi connectivity index (χ3n) is 4.47. The van der Waals surface area contributed by atoms with Gasteiger partial charge in [-0.25, -0.2) is 4.98 Å². The van der Waals surface area contributed by atoms with Gasteiger partial charge in [0.05, 0.1) is 11.2 Å². The minimum Gasteiger partial charge on any atom is -0.319 e. The van der Waals surface area contributed by atoms with E-state index in [1.165, 1.54) is 29.2 Å². The highest BCUT2D eigenvalue weighted by Crippen LogP contribution is 2.39. The molecule has 2 N–H and O–H groups in total. The highest BCUT2D eigenvalue weighted by molar-refractivity contribution is 7.10. The molecule has 21 heavy (non-hydrogen) atoms. The van der Waals surface area contributed by atoms with Gasteiger partial charge in [0, 0.05) is 10.9 Å². The summed E-state index contributed by atoms with van der Waals surface area (Å²) in [6.07, 6.45) is 4.58. The summed E-state index contributed by atoms with van der Waals surface area (Å²) >= 11 is 1.71. The smallest absolute Gasteiger partial charge is 0.113 e. The van der Waals surface area contributed by atoms with Crippen LogP contribution in [0.25, 0.3) is 22.0 Å². The summed E-state index contributed by atoms with van der Waals surface area (Å²) in [5.41, 5.74) is 8.56. The van der Waals surface area contributed by atoms with Crippen molar-refractivity contribution in [2.24, 2.45) is 5.73 Å². The molecule has 2 nitrogen and oxygen atoms in total.